The van der Waals surface area contributed by atoms with E-state index in [4.69, 9.17) is 5.14 Å². The van der Waals surface area contributed by atoms with E-state index in [-0.39, 0.29) is 16.2 Å². The second kappa shape index (κ2) is 6.15. The van der Waals surface area contributed by atoms with Gasteiger partial charge in [0, 0.05) is 12.1 Å². The number of hydrogen-bond acceptors (Lipinski definition) is 3. The van der Waals surface area contributed by atoms with Gasteiger partial charge in [0.05, 0.1) is 4.90 Å². The molecule has 1 aromatic carbocycles. The zero-order chi connectivity index (χ0) is 16.4. The second-order valence-corrected chi connectivity index (χ2v) is 8.06. The molecule has 0 aromatic heterocycles. The van der Waals surface area contributed by atoms with Gasteiger partial charge in [0.25, 0.3) is 5.91 Å². The molecule has 0 aliphatic heterocycles. The van der Waals surface area contributed by atoms with Crippen molar-refractivity contribution in [2.45, 2.75) is 45.9 Å². The molecule has 0 unspecified atom stereocenters. The molecule has 1 rings (SSSR count). The molecule has 0 bridgehead atoms. The Bertz CT molecular complexity index is 644. The summed E-state index contributed by atoms with van der Waals surface area (Å²) in [7, 11) is -3.84. The lowest BCUT2D eigenvalue weighted by atomic mass is 9.92. The van der Waals surface area contributed by atoms with Crippen molar-refractivity contribution in [1.82, 2.24) is 5.32 Å². The first kappa shape index (κ1) is 17.7. The van der Waals surface area contributed by atoms with Crippen molar-refractivity contribution in [3.63, 3.8) is 0 Å². The number of nitrogens with two attached hydrogens (primary N) is 1. The standard InChI is InChI=1S/C15H24N2O3S/c1-10-8-12(9-13(11(10)2)21(16,19)20)14(18)17-7-6-15(3,4)5/h8-9H,6-7H2,1-5H3,(H,17,18)(H2,16,19,20). The van der Waals surface area contributed by atoms with Gasteiger partial charge in [-0.2, -0.15) is 0 Å². The van der Waals surface area contributed by atoms with Gasteiger partial charge in [-0.1, -0.05) is 20.8 Å². The maximum atomic E-state index is 12.1. The van der Waals surface area contributed by atoms with Crippen LogP contribution < -0.4 is 10.5 Å². The van der Waals surface area contributed by atoms with Crippen molar-refractivity contribution in [3.05, 3.63) is 28.8 Å². The molecular formula is C15H24N2O3S. The SMILES string of the molecule is Cc1cc(C(=O)NCCC(C)(C)C)cc(S(N)(=O)=O)c1C. The maximum Gasteiger partial charge on any atom is 0.251 e. The molecule has 1 amide bonds. The molecule has 118 valence electrons. The van der Waals surface area contributed by atoms with Crippen LogP contribution in [0, 0.1) is 19.3 Å². The van der Waals surface area contributed by atoms with E-state index >= 15 is 0 Å². The third-order valence-electron chi connectivity index (χ3n) is 3.35. The fourth-order valence-electron chi connectivity index (χ4n) is 1.91. The van der Waals surface area contributed by atoms with Crippen LogP contribution in [0.3, 0.4) is 0 Å². The summed E-state index contributed by atoms with van der Waals surface area (Å²) in [6.45, 7) is 10.3. The van der Waals surface area contributed by atoms with Crippen LogP contribution in [0.1, 0.15) is 48.7 Å². The molecule has 21 heavy (non-hydrogen) atoms. The normalized spacial score (nSPS) is 12.3. The summed E-state index contributed by atoms with van der Waals surface area (Å²) in [5.41, 5.74) is 1.74. The molecule has 0 fully saturated rings. The van der Waals surface area contributed by atoms with Crippen molar-refractivity contribution in [2.75, 3.05) is 6.54 Å². The Labute approximate surface area is 127 Å². The zero-order valence-corrected chi connectivity index (χ0v) is 14.1. The Hall–Kier alpha value is -1.40. The predicted octanol–water partition coefficient (Wildman–Crippen LogP) is 2.12. The molecule has 0 spiro atoms. The smallest absolute Gasteiger partial charge is 0.251 e. The number of primary sulfonamides is 1. The number of nitrogens with one attached hydrogen (secondary N) is 1. The first-order chi connectivity index (χ1) is 9.42. The number of hydrogen-bond donors (Lipinski definition) is 2. The van der Waals surface area contributed by atoms with Crippen LogP contribution in [-0.2, 0) is 10.0 Å². The molecule has 6 heteroatoms. The lowest BCUT2D eigenvalue weighted by Gasteiger charge is -2.18. The van der Waals surface area contributed by atoms with Crippen molar-refractivity contribution in [3.8, 4) is 0 Å². The number of aryl methyl sites for hydroxylation is 1. The Morgan fingerprint density at radius 3 is 2.29 bits per heavy atom. The Morgan fingerprint density at radius 2 is 1.81 bits per heavy atom. The summed E-state index contributed by atoms with van der Waals surface area (Å²) >= 11 is 0. The fraction of sp³-hybridized carbons (Fsp3) is 0.533. The van der Waals surface area contributed by atoms with Gasteiger partial charge in [0.1, 0.15) is 0 Å². The first-order valence-electron chi connectivity index (χ1n) is 6.84. The number of benzene rings is 1. The lowest BCUT2D eigenvalue weighted by Crippen LogP contribution is -2.27. The summed E-state index contributed by atoms with van der Waals surface area (Å²) in [5.74, 6) is -0.285. The van der Waals surface area contributed by atoms with Crippen LogP contribution in [0.2, 0.25) is 0 Å². The van der Waals surface area contributed by atoms with Gasteiger partial charge in [-0.25, -0.2) is 13.6 Å². The number of sulfonamides is 1. The van der Waals surface area contributed by atoms with Crippen molar-refractivity contribution in [1.29, 1.82) is 0 Å². The Morgan fingerprint density at radius 1 is 1.24 bits per heavy atom. The molecule has 0 atom stereocenters. The molecule has 1 aromatic rings. The van der Waals surface area contributed by atoms with Gasteiger partial charge >= 0.3 is 0 Å². The zero-order valence-electron chi connectivity index (χ0n) is 13.3. The third-order valence-corrected chi connectivity index (χ3v) is 4.39. The molecule has 0 saturated heterocycles. The summed E-state index contributed by atoms with van der Waals surface area (Å²) < 4.78 is 23.1. The van der Waals surface area contributed by atoms with E-state index in [1.807, 2.05) is 0 Å². The van der Waals surface area contributed by atoms with Gasteiger partial charge in [0.2, 0.25) is 10.0 Å². The van der Waals surface area contributed by atoms with Crippen LogP contribution in [0.5, 0.6) is 0 Å². The molecule has 0 heterocycles. The first-order valence-corrected chi connectivity index (χ1v) is 8.39. The van der Waals surface area contributed by atoms with Gasteiger partial charge in [0.15, 0.2) is 0 Å². The van der Waals surface area contributed by atoms with E-state index < -0.39 is 10.0 Å². The van der Waals surface area contributed by atoms with Gasteiger partial charge in [-0.3, -0.25) is 4.79 Å². The van der Waals surface area contributed by atoms with Crippen LogP contribution in [-0.4, -0.2) is 20.9 Å². The number of rotatable bonds is 4. The van der Waals surface area contributed by atoms with E-state index in [0.29, 0.717) is 17.7 Å². The molecule has 5 nitrogen and oxygen atoms in total. The number of amides is 1. The largest absolute Gasteiger partial charge is 0.352 e. The van der Waals surface area contributed by atoms with Crippen molar-refractivity contribution >= 4 is 15.9 Å². The molecule has 0 radical (unpaired) electrons. The summed E-state index contributed by atoms with van der Waals surface area (Å²) in [6, 6.07) is 3.01. The summed E-state index contributed by atoms with van der Waals surface area (Å²) in [5, 5.41) is 8.00. The van der Waals surface area contributed by atoms with E-state index in [1.165, 1.54) is 6.07 Å². The highest BCUT2D eigenvalue weighted by atomic mass is 32.2. The second-order valence-electron chi connectivity index (χ2n) is 6.53. The number of carbonyl (C=O) groups excluding carboxylic acids is 1. The van der Waals surface area contributed by atoms with Gasteiger partial charge < -0.3 is 5.32 Å². The average molecular weight is 312 g/mol. The van der Waals surface area contributed by atoms with E-state index in [1.54, 1.807) is 19.9 Å². The molecule has 0 aliphatic rings. The van der Waals surface area contributed by atoms with Gasteiger partial charge in [-0.05, 0) is 48.9 Å². The Balaban J connectivity index is 2.99. The Kier molecular flexibility index (Phi) is 5.17. The van der Waals surface area contributed by atoms with E-state index in [9.17, 15) is 13.2 Å². The van der Waals surface area contributed by atoms with Crippen LogP contribution in [0.25, 0.3) is 0 Å². The lowest BCUT2D eigenvalue weighted by molar-refractivity contribution is 0.0949. The highest BCUT2D eigenvalue weighted by Crippen LogP contribution is 2.20. The minimum atomic E-state index is -3.84. The highest BCUT2D eigenvalue weighted by Gasteiger charge is 2.18. The molecule has 0 aliphatic carbocycles. The fourth-order valence-corrected chi connectivity index (χ4v) is 2.79. The van der Waals surface area contributed by atoms with Crippen LogP contribution >= 0.6 is 0 Å². The predicted molar refractivity (Wildman–Crippen MR) is 83.7 cm³/mol. The number of carbonyl (C=O) groups is 1. The van der Waals surface area contributed by atoms with Crippen molar-refractivity contribution < 1.29 is 13.2 Å². The average Bonchev–Trinajstić information content (AvgIpc) is 2.29. The molecule has 3 N–H and O–H groups in total. The quantitative estimate of drug-likeness (QED) is 0.892. The minimum absolute atomic E-state index is 0.00321. The summed E-state index contributed by atoms with van der Waals surface area (Å²) in [4.78, 5) is 12.1. The monoisotopic (exact) mass is 312 g/mol. The van der Waals surface area contributed by atoms with Crippen molar-refractivity contribution in [2.24, 2.45) is 10.6 Å². The highest BCUT2D eigenvalue weighted by molar-refractivity contribution is 7.89. The van der Waals surface area contributed by atoms with Gasteiger partial charge in [-0.15, -0.1) is 0 Å². The van der Waals surface area contributed by atoms with Crippen LogP contribution in [0.4, 0.5) is 0 Å². The minimum Gasteiger partial charge on any atom is -0.352 e. The van der Waals surface area contributed by atoms with E-state index in [0.717, 1.165) is 12.0 Å². The maximum absolute atomic E-state index is 12.1. The topological polar surface area (TPSA) is 89.3 Å². The van der Waals surface area contributed by atoms with E-state index in [2.05, 4.69) is 26.1 Å². The third kappa shape index (κ3) is 5.13. The molecule has 0 saturated carbocycles. The van der Waals surface area contributed by atoms with Crippen LogP contribution in [0.15, 0.2) is 17.0 Å². The summed E-state index contributed by atoms with van der Waals surface area (Å²) in [6.07, 6.45) is 0.839. The molecular weight excluding hydrogens is 288 g/mol.